The van der Waals surface area contributed by atoms with Gasteiger partial charge < -0.3 is 10.2 Å². The summed E-state index contributed by atoms with van der Waals surface area (Å²) < 4.78 is 1.19. The van der Waals surface area contributed by atoms with Crippen LogP contribution < -0.4 is 15.8 Å². The fourth-order valence-electron chi connectivity index (χ4n) is 2.58. The Labute approximate surface area is 157 Å². The Morgan fingerprint density at radius 1 is 1.04 bits per heavy atom. The molecule has 0 aliphatic heterocycles. The normalized spacial score (nSPS) is 11.7. The molecule has 0 aliphatic rings. The van der Waals surface area contributed by atoms with Crippen LogP contribution in [-0.2, 0) is 4.79 Å². The van der Waals surface area contributed by atoms with Crippen LogP contribution in [0.25, 0.3) is 11.3 Å². The van der Waals surface area contributed by atoms with Crippen LogP contribution in [0.3, 0.4) is 0 Å². The molecule has 1 aromatic carbocycles. The number of nitrogens with zero attached hydrogens (tertiary/aromatic N) is 4. The summed E-state index contributed by atoms with van der Waals surface area (Å²) in [6.07, 6.45) is 3.31. The van der Waals surface area contributed by atoms with E-state index in [2.05, 4.69) is 15.4 Å². The number of anilines is 2. The summed E-state index contributed by atoms with van der Waals surface area (Å²) in [4.78, 5) is 30.8. The van der Waals surface area contributed by atoms with Crippen molar-refractivity contribution < 1.29 is 4.79 Å². The lowest BCUT2D eigenvalue weighted by Crippen LogP contribution is -2.33. The molecule has 138 valence electrons. The Morgan fingerprint density at radius 2 is 1.70 bits per heavy atom. The van der Waals surface area contributed by atoms with Crippen molar-refractivity contribution in [1.29, 1.82) is 0 Å². The molecule has 2 heterocycles. The van der Waals surface area contributed by atoms with E-state index in [0.29, 0.717) is 11.4 Å². The quantitative estimate of drug-likeness (QED) is 0.754. The van der Waals surface area contributed by atoms with Gasteiger partial charge in [0, 0.05) is 49.5 Å². The summed E-state index contributed by atoms with van der Waals surface area (Å²) in [5, 5.41) is 7.18. The minimum atomic E-state index is -0.757. The van der Waals surface area contributed by atoms with Gasteiger partial charge in [-0.05, 0) is 49.4 Å². The summed E-state index contributed by atoms with van der Waals surface area (Å²) in [5.41, 5.74) is 2.79. The molecule has 7 nitrogen and oxygen atoms in total. The van der Waals surface area contributed by atoms with Gasteiger partial charge in [0.2, 0.25) is 5.91 Å². The van der Waals surface area contributed by atoms with Gasteiger partial charge >= 0.3 is 0 Å². The number of benzene rings is 1. The Hall–Kier alpha value is -3.48. The third kappa shape index (κ3) is 4.20. The van der Waals surface area contributed by atoms with Crippen LogP contribution in [0.5, 0.6) is 0 Å². The predicted octanol–water partition coefficient (Wildman–Crippen LogP) is 2.57. The van der Waals surface area contributed by atoms with Crippen LogP contribution in [0.2, 0.25) is 0 Å². The van der Waals surface area contributed by atoms with Crippen molar-refractivity contribution in [2.75, 3.05) is 24.3 Å². The van der Waals surface area contributed by atoms with Crippen molar-refractivity contribution in [3.63, 3.8) is 0 Å². The third-order valence-corrected chi connectivity index (χ3v) is 4.20. The molecule has 1 atom stereocenters. The van der Waals surface area contributed by atoms with E-state index in [1.165, 1.54) is 10.7 Å². The summed E-state index contributed by atoms with van der Waals surface area (Å²) in [7, 11) is 3.90. The topological polar surface area (TPSA) is 80.1 Å². The smallest absolute Gasteiger partial charge is 0.267 e. The van der Waals surface area contributed by atoms with Crippen LogP contribution in [0, 0.1) is 0 Å². The van der Waals surface area contributed by atoms with Crippen LogP contribution in [0.1, 0.15) is 13.0 Å². The maximum absolute atomic E-state index is 12.6. The average Bonchev–Trinajstić information content (AvgIpc) is 2.69. The summed E-state index contributed by atoms with van der Waals surface area (Å²) in [5.74, 6) is -0.311. The van der Waals surface area contributed by atoms with Crippen LogP contribution >= 0.6 is 0 Å². The fraction of sp³-hybridized carbons (Fsp3) is 0.200. The molecule has 7 heteroatoms. The second kappa shape index (κ2) is 7.82. The van der Waals surface area contributed by atoms with E-state index in [0.717, 1.165) is 11.3 Å². The van der Waals surface area contributed by atoms with E-state index in [1.807, 2.05) is 43.3 Å². The Kier molecular flexibility index (Phi) is 5.30. The lowest BCUT2D eigenvalue weighted by Gasteiger charge is -2.16. The third-order valence-electron chi connectivity index (χ3n) is 4.20. The van der Waals surface area contributed by atoms with Gasteiger partial charge in [0.1, 0.15) is 6.04 Å². The van der Waals surface area contributed by atoms with E-state index < -0.39 is 6.04 Å². The number of carbonyl (C=O) groups is 1. The van der Waals surface area contributed by atoms with Gasteiger partial charge in [0.25, 0.3) is 5.56 Å². The minimum Gasteiger partial charge on any atom is -0.378 e. The highest BCUT2D eigenvalue weighted by atomic mass is 16.2. The van der Waals surface area contributed by atoms with E-state index in [-0.39, 0.29) is 11.5 Å². The molecule has 0 saturated carbocycles. The molecular formula is C20H21N5O2. The maximum atomic E-state index is 12.6. The first-order valence-corrected chi connectivity index (χ1v) is 8.54. The lowest BCUT2D eigenvalue weighted by molar-refractivity contribution is -0.119. The highest BCUT2D eigenvalue weighted by molar-refractivity contribution is 5.93. The number of hydrogen-bond donors (Lipinski definition) is 1. The molecule has 0 radical (unpaired) electrons. The van der Waals surface area contributed by atoms with Crippen LogP contribution in [-0.4, -0.2) is 34.8 Å². The van der Waals surface area contributed by atoms with Gasteiger partial charge in [-0.1, -0.05) is 0 Å². The van der Waals surface area contributed by atoms with E-state index in [4.69, 9.17) is 0 Å². The molecular weight excluding hydrogens is 342 g/mol. The number of hydrogen-bond acceptors (Lipinski definition) is 5. The van der Waals surface area contributed by atoms with Crippen LogP contribution in [0.4, 0.5) is 11.4 Å². The van der Waals surface area contributed by atoms with Crippen molar-refractivity contribution >= 4 is 17.3 Å². The predicted molar refractivity (Wildman–Crippen MR) is 106 cm³/mol. The molecule has 3 aromatic rings. The molecule has 2 aromatic heterocycles. The number of nitrogens with one attached hydrogen (secondary N) is 1. The van der Waals surface area contributed by atoms with Gasteiger partial charge in [-0.25, -0.2) is 4.68 Å². The fourth-order valence-corrected chi connectivity index (χ4v) is 2.58. The van der Waals surface area contributed by atoms with E-state index in [9.17, 15) is 9.59 Å². The maximum Gasteiger partial charge on any atom is 0.267 e. The standard InChI is InChI=1S/C20H21N5O2/c1-14(20(27)22-16-4-6-17(7-5-16)24(2)3)25-19(26)9-8-18(23-25)15-10-12-21-13-11-15/h4-14H,1-3H3,(H,22,27). The van der Waals surface area contributed by atoms with E-state index >= 15 is 0 Å². The molecule has 0 fully saturated rings. The van der Waals surface area contributed by atoms with Crippen molar-refractivity contribution in [1.82, 2.24) is 14.8 Å². The SMILES string of the molecule is CC(C(=O)Nc1ccc(N(C)C)cc1)n1nc(-c2ccncc2)ccc1=O. The molecule has 1 unspecified atom stereocenters. The first-order chi connectivity index (χ1) is 13.0. The number of pyridine rings is 1. The number of aromatic nitrogens is 3. The first kappa shape index (κ1) is 18.3. The molecule has 27 heavy (non-hydrogen) atoms. The second-order valence-corrected chi connectivity index (χ2v) is 6.34. The Balaban J connectivity index is 1.81. The molecule has 3 rings (SSSR count). The Bertz CT molecular complexity index is 981. The summed E-state index contributed by atoms with van der Waals surface area (Å²) >= 11 is 0. The molecule has 1 N–H and O–H groups in total. The number of amides is 1. The zero-order chi connectivity index (χ0) is 19.4. The van der Waals surface area contributed by atoms with Gasteiger partial charge in [0.05, 0.1) is 5.69 Å². The average molecular weight is 363 g/mol. The largest absolute Gasteiger partial charge is 0.378 e. The minimum absolute atomic E-state index is 0.311. The molecule has 0 aliphatic carbocycles. The van der Waals surface area contributed by atoms with Crippen molar-refractivity contribution in [2.45, 2.75) is 13.0 Å². The second-order valence-electron chi connectivity index (χ2n) is 6.34. The molecule has 0 spiro atoms. The van der Waals surface area contributed by atoms with Crippen molar-refractivity contribution in [3.05, 3.63) is 71.3 Å². The van der Waals surface area contributed by atoms with Gasteiger partial charge in [0.15, 0.2) is 0 Å². The number of rotatable bonds is 5. The van der Waals surface area contributed by atoms with Crippen molar-refractivity contribution in [2.24, 2.45) is 0 Å². The molecule has 1 amide bonds. The monoisotopic (exact) mass is 363 g/mol. The lowest BCUT2D eigenvalue weighted by atomic mass is 10.2. The van der Waals surface area contributed by atoms with Crippen molar-refractivity contribution in [3.8, 4) is 11.3 Å². The molecule has 0 saturated heterocycles. The van der Waals surface area contributed by atoms with Gasteiger partial charge in [-0.2, -0.15) is 5.10 Å². The zero-order valence-corrected chi connectivity index (χ0v) is 15.5. The highest BCUT2D eigenvalue weighted by Crippen LogP contribution is 2.18. The first-order valence-electron chi connectivity index (χ1n) is 8.54. The number of carbonyl (C=O) groups excluding carboxylic acids is 1. The van der Waals surface area contributed by atoms with Crippen LogP contribution in [0.15, 0.2) is 65.7 Å². The summed E-state index contributed by atoms with van der Waals surface area (Å²) in [6.45, 7) is 1.65. The molecule has 0 bridgehead atoms. The Morgan fingerprint density at radius 3 is 2.33 bits per heavy atom. The van der Waals surface area contributed by atoms with E-state index in [1.54, 1.807) is 37.5 Å². The zero-order valence-electron chi connectivity index (χ0n) is 15.5. The van der Waals surface area contributed by atoms with Gasteiger partial charge in [-0.15, -0.1) is 0 Å². The summed E-state index contributed by atoms with van der Waals surface area (Å²) in [6, 6.07) is 13.4. The highest BCUT2D eigenvalue weighted by Gasteiger charge is 2.18. The van der Waals surface area contributed by atoms with Gasteiger partial charge in [-0.3, -0.25) is 14.6 Å².